The number of carbonyl (C=O) groups is 1. The number of hydrogen-bond donors (Lipinski definition) is 2. The van der Waals surface area contributed by atoms with Crippen LogP contribution < -0.4 is 10.6 Å². The number of halogens is 3. The molecule has 1 saturated carbocycles. The highest BCUT2D eigenvalue weighted by Gasteiger charge is 2.43. The SMILES string of the molecule is CCCOC1(CNC(=O)C2CC(F)(F)CN2)CCCCC1.Cl. The van der Waals surface area contributed by atoms with E-state index < -0.39 is 24.9 Å². The van der Waals surface area contributed by atoms with E-state index in [4.69, 9.17) is 4.74 Å². The third-order valence-corrected chi connectivity index (χ3v) is 4.39. The Kier molecular flexibility index (Phi) is 7.49. The number of alkyl halides is 2. The largest absolute Gasteiger partial charge is 0.373 e. The minimum absolute atomic E-state index is 0. The highest BCUT2D eigenvalue weighted by atomic mass is 35.5. The molecule has 2 aliphatic rings. The Labute approximate surface area is 137 Å². The van der Waals surface area contributed by atoms with Gasteiger partial charge >= 0.3 is 0 Å². The number of carbonyl (C=O) groups excluding carboxylic acids is 1. The van der Waals surface area contributed by atoms with E-state index >= 15 is 0 Å². The molecule has 7 heteroatoms. The molecule has 2 N–H and O–H groups in total. The first kappa shape index (κ1) is 19.6. The summed E-state index contributed by atoms with van der Waals surface area (Å²) in [5.41, 5.74) is -0.301. The van der Waals surface area contributed by atoms with Gasteiger partial charge in [0, 0.05) is 19.6 Å². The van der Waals surface area contributed by atoms with E-state index in [2.05, 4.69) is 17.6 Å². The second kappa shape index (κ2) is 8.41. The quantitative estimate of drug-likeness (QED) is 0.781. The zero-order chi connectivity index (χ0) is 15.3. The van der Waals surface area contributed by atoms with Crippen molar-refractivity contribution in [1.29, 1.82) is 0 Å². The summed E-state index contributed by atoms with van der Waals surface area (Å²) in [6, 6.07) is -0.785. The molecule has 1 heterocycles. The summed E-state index contributed by atoms with van der Waals surface area (Å²) >= 11 is 0. The zero-order valence-corrected chi connectivity index (χ0v) is 13.9. The molecule has 1 unspecified atom stereocenters. The van der Waals surface area contributed by atoms with E-state index in [1.54, 1.807) is 0 Å². The van der Waals surface area contributed by atoms with E-state index in [9.17, 15) is 13.6 Å². The molecule has 0 radical (unpaired) electrons. The Morgan fingerprint density at radius 3 is 2.55 bits per heavy atom. The topological polar surface area (TPSA) is 50.4 Å². The minimum Gasteiger partial charge on any atom is -0.373 e. The van der Waals surface area contributed by atoms with Gasteiger partial charge in [-0.25, -0.2) is 8.78 Å². The minimum atomic E-state index is -2.77. The molecule has 0 aromatic heterocycles. The average molecular weight is 341 g/mol. The maximum Gasteiger partial charge on any atom is 0.262 e. The van der Waals surface area contributed by atoms with Crippen LogP contribution in [0, 0.1) is 0 Å². The lowest BCUT2D eigenvalue weighted by molar-refractivity contribution is -0.126. The molecule has 0 aromatic rings. The fourth-order valence-electron chi connectivity index (χ4n) is 3.16. The smallest absolute Gasteiger partial charge is 0.262 e. The van der Waals surface area contributed by atoms with Gasteiger partial charge in [0.1, 0.15) is 0 Å². The van der Waals surface area contributed by atoms with Gasteiger partial charge in [-0.05, 0) is 19.3 Å². The summed E-state index contributed by atoms with van der Waals surface area (Å²) in [6.45, 7) is 2.74. The number of ether oxygens (including phenoxy) is 1. The van der Waals surface area contributed by atoms with Crippen LogP contribution in [0.3, 0.4) is 0 Å². The van der Waals surface area contributed by atoms with E-state index in [1.807, 2.05) is 0 Å². The third-order valence-electron chi connectivity index (χ3n) is 4.39. The van der Waals surface area contributed by atoms with Crippen LogP contribution in [-0.2, 0) is 9.53 Å². The number of amides is 1. The van der Waals surface area contributed by atoms with Gasteiger partial charge in [-0.15, -0.1) is 12.4 Å². The van der Waals surface area contributed by atoms with Gasteiger partial charge in [0.15, 0.2) is 0 Å². The fourth-order valence-corrected chi connectivity index (χ4v) is 3.16. The molecule has 2 rings (SSSR count). The van der Waals surface area contributed by atoms with Crippen LogP contribution in [0.15, 0.2) is 0 Å². The van der Waals surface area contributed by atoms with Crippen LogP contribution in [-0.4, -0.2) is 43.2 Å². The van der Waals surface area contributed by atoms with E-state index in [0.717, 1.165) is 32.1 Å². The van der Waals surface area contributed by atoms with Crippen molar-refractivity contribution in [1.82, 2.24) is 10.6 Å². The summed E-state index contributed by atoms with van der Waals surface area (Å²) in [6.07, 6.45) is 5.77. The Balaban J connectivity index is 0.00000242. The molecule has 0 aromatic carbocycles. The lowest BCUT2D eigenvalue weighted by atomic mass is 9.84. The van der Waals surface area contributed by atoms with Crippen LogP contribution >= 0.6 is 12.4 Å². The maximum absolute atomic E-state index is 13.1. The number of rotatable bonds is 6. The van der Waals surface area contributed by atoms with Gasteiger partial charge < -0.3 is 10.1 Å². The van der Waals surface area contributed by atoms with Gasteiger partial charge in [0.25, 0.3) is 5.92 Å². The number of hydrogen-bond acceptors (Lipinski definition) is 3. The molecule has 22 heavy (non-hydrogen) atoms. The first-order chi connectivity index (χ1) is 9.96. The van der Waals surface area contributed by atoms with Crippen molar-refractivity contribution in [3.05, 3.63) is 0 Å². The van der Waals surface area contributed by atoms with E-state index in [0.29, 0.717) is 13.2 Å². The second-order valence-electron chi connectivity index (χ2n) is 6.30. The summed E-state index contributed by atoms with van der Waals surface area (Å²) in [5.74, 6) is -3.11. The van der Waals surface area contributed by atoms with Crippen LogP contribution in [0.4, 0.5) is 8.78 Å². The molecule has 1 aliphatic carbocycles. The first-order valence-electron chi connectivity index (χ1n) is 7.99. The van der Waals surface area contributed by atoms with Crippen molar-refractivity contribution in [2.45, 2.75) is 69.4 Å². The molecule has 1 amide bonds. The molecule has 0 bridgehead atoms. The van der Waals surface area contributed by atoms with Crippen molar-refractivity contribution in [3.8, 4) is 0 Å². The van der Waals surface area contributed by atoms with E-state index in [1.165, 1.54) is 6.42 Å². The highest BCUT2D eigenvalue weighted by molar-refractivity contribution is 5.85. The first-order valence-corrected chi connectivity index (χ1v) is 7.99. The van der Waals surface area contributed by atoms with Crippen LogP contribution in [0.5, 0.6) is 0 Å². The van der Waals surface area contributed by atoms with Gasteiger partial charge in [-0.3, -0.25) is 10.1 Å². The lowest BCUT2D eigenvalue weighted by Gasteiger charge is -2.37. The summed E-state index contributed by atoms with van der Waals surface area (Å²) in [7, 11) is 0. The Morgan fingerprint density at radius 2 is 2.00 bits per heavy atom. The monoisotopic (exact) mass is 340 g/mol. The van der Waals surface area contributed by atoms with Crippen LogP contribution in [0.25, 0.3) is 0 Å². The summed E-state index contributed by atoms with van der Waals surface area (Å²) in [5, 5.41) is 5.41. The van der Waals surface area contributed by atoms with Gasteiger partial charge in [0.2, 0.25) is 5.91 Å². The molecular weight excluding hydrogens is 314 g/mol. The standard InChI is InChI=1S/C15H26F2N2O2.ClH/c1-2-8-21-14(6-4-3-5-7-14)10-19-13(20)12-9-15(16,17)11-18-12;/h12,18H,2-11H2,1H3,(H,19,20);1H. The Hall–Kier alpha value is -0.460. The Morgan fingerprint density at radius 1 is 1.32 bits per heavy atom. The highest BCUT2D eigenvalue weighted by Crippen LogP contribution is 2.31. The fraction of sp³-hybridized carbons (Fsp3) is 0.933. The molecule has 2 fully saturated rings. The average Bonchev–Trinajstić information content (AvgIpc) is 2.84. The van der Waals surface area contributed by atoms with Crippen molar-refractivity contribution >= 4 is 18.3 Å². The van der Waals surface area contributed by atoms with Crippen molar-refractivity contribution in [3.63, 3.8) is 0 Å². The normalized spacial score (nSPS) is 26.2. The zero-order valence-electron chi connectivity index (χ0n) is 13.1. The predicted molar refractivity (Wildman–Crippen MR) is 83.7 cm³/mol. The van der Waals surface area contributed by atoms with Gasteiger partial charge in [0.05, 0.1) is 18.2 Å². The summed E-state index contributed by atoms with van der Waals surface area (Å²) in [4.78, 5) is 12.0. The van der Waals surface area contributed by atoms with Crippen molar-refractivity contribution in [2.75, 3.05) is 19.7 Å². The molecule has 4 nitrogen and oxygen atoms in total. The Bertz CT molecular complexity index is 363. The molecule has 1 aliphatic heterocycles. The van der Waals surface area contributed by atoms with Crippen molar-refractivity contribution in [2.24, 2.45) is 0 Å². The maximum atomic E-state index is 13.1. The second-order valence-corrected chi connectivity index (χ2v) is 6.30. The van der Waals surface area contributed by atoms with Gasteiger partial charge in [-0.2, -0.15) is 0 Å². The van der Waals surface area contributed by atoms with E-state index in [-0.39, 0.29) is 23.9 Å². The molecular formula is C15H27ClF2N2O2. The van der Waals surface area contributed by atoms with Crippen LogP contribution in [0.1, 0.15) is 51.9 Å². The molecule has 1 atom stereocenters. The lowest BCUT2D eigenvalue weighted by Crippen LogP contribution is -2.50. The third kappa shape index (κ3) is 5.32. The predicted octanol–water partition coefficient (Wildman–Crippen LogP) is 2.65. The number of nitrogens with one attached hydrogen (secondary N) is 2. The van der Waals surface area contributed by atoms with Gasteiger partial charge in [-0.1, -0.05) is 26.2 Å². The van der Waals surface area contributed by atoms with Crippen molar-refractivity contribution < 1.29 is 18.3 Å². The van der Waals surface area contributed by atoms with Crippen LogP contribution in [0.2, 0.25) is 0 Å². The molecule has 0 spiro atoms. The molecule has 130 valence electrons. The summed E-state index contributed by atoms with van der Waals surface area (Å²) < 4.78 is 32.2. The molecule has 1 saturated heterocycles.